The van der Waals surface area contributed by atoms with Crippen molar-refractivity contribution in [1.82, 2.24) is 4.98 Å². The van der Waals surface area contributed by atoms with Gasteiger partial charge in [-0.15, -0.1) is 11.3 Å². The van der Waals surface area contributed by atoms with Crippen molar-refractivity contribution < 1.29 is 15.3 Å². The van der Waals surface area contributed by atoms with Crippen LogP contribution in [0.2, 0.25) is 0 Å². The molecule has 0 aliphatic heterocycles. The number of thiazole rings is 1. The number of benzene rings is 2. The summed E-state index contributed by atoms with van der Waals surface area (Å²) in [7, 11) is 0. The number of hydrogen-bond acceptors (Lipinski definition) is 5. The van der Waals surface area contributed by atoms with E-state index in [1.165, 1.54) is 23.5 Å². The monoisotopic (exact) mass is 285 g/mol. The summed E-state index contributed by atoms with van der Waals surface area (Å²) in [6.45, 7) is 0. The largest absolute Gasteiger partial charge is 0.508 e. The molecule has 4 nitrogen and oxygen atoms in total. The minimum absolute atomic E-state index is 0.149. The molecule has 0 spiro atoms. The van der Waals surface area contributed by atoms with E-state index < -0.39 is 0 Å². The Morgan fingerprint density at radius 3 is 2.20 bits per heavy atom. The molecule has 0 aliphatic rings. The predicted octanol–water partition coefficient (Wildman–Crippen LogP) is 3.59. The SMILES string of the molecule is Oc1ccc(-c2csc(-c3ccc(O)c(O)c3)n2)cc1. The number of phenols is 3. The fourth-order valence-electron chi connectivity index (χ4n) is 1.83. The number of aromatic hydroxyl groups is 3. The van der Waals surface area contributed by atoms with Gasteiger partial charge >= 0.3 is 0 Å². The van der Waals surface area contributed by atoms with Crippen molar-refractivity contribution in [3.8, 4) is 39.1 Å². The Labute approximate surface area is 119 Å². The van der Waals surface area contributed by atoms with E-state index in [1.54, 1.807) is 30.3 Å². The van der Waals surface area contributed by atoms with Crippen LogP contribution in [0.15, 0.2) is 47.8 Å². The van der Waals surface area contributed by atoms with Crippen molar-refractivity contribution in [3.05, 3.63) is 47.8 Å². The molecule has 0 unspecified atom stereocenters. The van der Waals surface area contributed by atoms with Gasteiger partial charge in [-0.25, -0.2) is 4.98 Å². The van der Waals surface area contributed by atoms with Crippen LogP contribution in [0.5, 0.6) is 17.2 Å². The fraction of sp³-hybridized carbons (Fsp3) is 0. The molecule has 0 fully saturated rings. The number of rotatable bonds is 2. The highest BCUT2D eigenvalue weighted by Gasteiger charge is 2.09. The maximum absolute atomic E-state index is 9.51. The predicted molar refractivity (Wildman–Crippen MR) is 78.0 cm³/mol. The number of aromatic nitrogens is 1. The lowest BCUT2D eigenvalue weighted by Crippen LogP contribution is -1.79. The maximum atomic E-state index is 9.51. The van der Waals surface area contributed by atoms with Gasteiger partial charge in [0.05, 0.1) is 5.69 Å². The zero-order chi connectivity index (χ0) is 14.1. The topological polar surface area (TPSA) is 73.6 Å². The normalized spacial score (nSPS) is 10.6. The lowest BCUT2D eigenvalue weighted by Gasteiger charge is -2.00. The first-order valence-electron chi connectivity index (χ1n) is 5.91. The van der Waals surface area contributed by atoms with Gasteiger partial charge in [-0.05, 0) is 42.5 Å². The molecule has 0 saturated heterocycles. The smallest absolute Gasteiger partial charge is 0.158 e. The molecule has 5 heteroatoms. The molecular formula is C15H11NO3S. The molecule has 0 amide bonds. The summed E-state index contributed by atoms with van der Waals surface area (Å²) in [6.07, 6.45) is 0. The molecule has 0 bridgehead atoms. The third-order valence-corrected chi connectivity index (χ3v) is 3.78. The molecule has 100 valence electrons. The molecule has 3 rings (SSSR count). The third kappa shape index (κ3) is 2.31. The first-order chi connectivity index (χ1) is 9.63. The van der Waals surface area contributed by atoms with Gasteiger partial charge in [0.1, 0.15) is 10.8 Å². The summed E-state index contributed by atoms with van der Waals surface area (Å²) < 4.78 is 0. The molecule has 1 heterocycles. The molecule has 3 aromatic rings. The summed E-state index contributed by atoms with van der Waals surface area (Å²) >= 11 is 1.45. The van der Waals surface area contributed by atoms with Crippen molar-refractivity contribution in [2.24, 2.45) is 0 Å². The lowest BCUT2D eigenvalue weighted by molar-refractivity contribution is 0.404. The summed E-state index contributed by atoms with van der Waals surface area (Å²) in [5, 5.41) is 30.8. The highest BCUT2D eigenvalue weighted by atomic mass is 32.1. The molecule has 0 atom stereocenters. The van der Waals surface area contributed by atoms with Crippen molar-refractivity contribution in [2.75, 3.05) is 0 Å². The number of nitrogens with zero attached hydrogens (tertiary/aromatic N) is 1. The van der Waals surface area contributed by atoms with Crippen LogP contribution >= 0.6 is 11.3 Å². The van der Waals surface area contributed by atoms with Crippen LogP contribution in [-0.2, 0) is 0 Å². The molecule has 0 saturated carbocycles. The van der Waals surface area contributed by atoms with Gasteiger partial charge in [0.25, 0.3) is 0 Å². The second kappa shape index (κ2) is 4.86. The van der Waals surface area contributed by atoms with E-state index >= 15 is 0 Å². The van der Waals surface area contributed by atoms with Crippen LogP contribution in [0.1, 0.15) is 0 Å². The molecule has 2 aromatic carbocycles. The van der Waals surface area contributed by atoms with Crippen LogP contribution < -0.4 is 0 Å². The van der Waals surface area contributed by atoms with Gasteiger partial charge in [-0.2, -0.15) is 0 Å². The van der Waals surface area contributed by atoms with Gasteiger partial charge < -0.3 is 15.3 Å². The van der Waals surface area contributed by atoms with Gasteiger partial charge in [0, 0.05) is 16.5 Å². The fourth-order valence-corrected chi connectivity index (χ4v) is 2.65. The summed E-state index contributed by atoms with van der Waals surface area (Å²) in [5.74, 6) is -0.0967. The third-order valence-electron chi connectivity index (χ3n) is 2.89. The minimum atomic E-state index is -0.163. The first kappa shape index (κ1) is 12.5. The quantitative estimate of drug-likeness (QED) is 0.629. The number of phenolic OH excluding ortho intramolecular Hbond substituents is 3. The standard InChI is InChI=1S/C15H11NO3S/c17-11-4-1-9(2-5-11)12-8-20-15(16-12)10-3-6-13(18)14(19)7-10/h1-8,17-19H. The molecular weight excluding hydrogens is 274 g/mol. The van der Waals surface area contributed by atoms with E-state index in [1.807, 2.05) is 5.38 Å². The van der Waals surface area contributed by atoms with E-state index in [0.717, 1.165) is 21.8 Å². The first-order valence-corrected chi connectivity index (χ1v) is 6.79. The van der Waals surface area contributed by atoms with Crippen LogP contribution in [0.4, 0.5) is 0 Å². The highest BCUT2D eigenvalue weighted by molar-refractivity contribution is 7.13. The second-order valence-electron chi connectivity index (χ2n) is 4.29. The van der Waals surface area contributed by atoms with E-state index in [9.17, 15) is 15.3 Å². The lowest BCUT2D eigenvalue weighted by atomic mass is 10.1. The van der Waals surface area contributed by atoms with Crippen LogP contribution in [0.3, 0.4) is 0 Å². The molecule has 0 radical (unpaired) electrons. The van der Waals surface area contributed by atoms with Crippen molar-refractivity contribution >= 4 is 11.3 Å². The molecule has 20 heavy (non-hydrogen) atoms. The van der Waals surface area contributed by atoms with E-state index in [-0.39, 0.29) is 17.2 Å². The summed E-state index contributed by atoms with van der Waals surface area (Å²) in [5.41, 5.74) is 2.46. The average Bonchev–Trinajstić information content (AvgIpc) is 2.92. The van der Waals surface area contributed by atoms with Gasteiger partial charge in [-0.3, -0.25) is 0 Å². The Morgan fingerprint density at radius 2 is 1.50 bits per heavy atom. The van der Waals surface area contributed by atoms with Crippen molar-refractivity contribution in [1.29, 1.82) is 0 Å². The molecule has 1 aromatic heterocycles. The van der Waals surface area contributed by atoms with E-state index in [0.29, 0.717) is 0 Å². The van der Waals surface area contributed by atoms with Crippen molar-refractivity contribution in [3.63, 3.8) is 0 Å². The van der Waals surface area contributed by atoms with Gasteiger partial charge in [0.15, 0.2) is 11.5 Å². The molecule has 0 aliphatic carbocycles. The van der Waals surface area contributed by atoms with Crippen LogP contribution in [0.25, 0.3) is 21.8 Å². The molecule has 3 N–H and O–H groups in total. The Morgan fingerprint density at radius 1 is 0.800 bits per heavy atom. The van der Waals surface area contributed by atoms with Crippen molar-refractivity contribution in [2.45, 2.75) is 0 Å². The Hall–Kier alpha value is -2.53. The summed E-state index contributed by atoms with van der Waals surface area (Å²) in [6, 6.07) is 11.4. The zero-order valence-electron chi connectivity index (χ0n) is 10.3. The minimum Gasteiger partial charge on any atom is -0.508 e. The van der Waals surface area contributed by atoms with Gasteiger partial charge in [0.2, 0.25) is 0 Å². The Bertz CT molecular complexity index is 750. The average molecular weight is 285 g/mol. The Balaban J connectivity index is 1.97. The van der Waals surface area contributed by atoms with Crippen LogP contribution in [-0.4, -0.2) is 20.3 Å². The van der Waals surface area contributed by atoms with Gasteiger partial charge in [-0.1, -0.05) is 0 Å². The number of hydrogen-bond donors (Lipinski definition) is 3. The van der Waals surface area contributed by atoms with E-state index in [4.69, 9.17) is 0 Å². The maximum Gasteiger partial charge on any atom is 0.158 e. The highest BCUT2D eigenvalue weighted by Crippen LogP contribution is 2.34. The Kier molecular flexibility index (Phi) is 3.04. The summed E-state index contributed by atoms with van der Waals surface area (Å²) in [4.78, 5) is 4.50. The van der Waals surface area contributed by atoms with E-state index in [2.05, 4.69) is 4.98 Å². The van der Waals surface area contributed by atoms with Crippen LogP contribution in [0, 0.1) is 0 Å². The zero-order valence-corrected chi connectivity index (χ0v) is 11.1. The second-order valence-corrected chi connectivity index (χ2v) is 5.15.